The van der Waals surface area contributed by atoms with Crippen LogP contribution < -0.4 is 10.6 Å². The molecule has 0 saturated heterocycles. The minimum absolute atomic E-state index is 0.0306. The minimum Gasteiger partial charge on any atom is -0.508 e. The lowest BCUT2D eigenvalue weighted by molar-refractivity contribution is -0.153. The fourth-order valence-corrected chi connectivity index (χ4v) is 6.33. The number of anilines is 1. The largest absolute Gasteiger partial charge is 0.508 e. The number of ketones is 2. The maximum atomic E-state index is 14.0. The summed E-state index contributed by atoms with van der Waals surface area (Å²) in [6.07, 6.45) is 3.11. The number of Topliss-reactive ketones (excluding diaryl/α,β-unsaturated/α-hetero) is 2. The molecule has 11 nitrogen and oxygen atoms in total. The molecule has 2 aromatic rings. The Morgan fingerprint density at radius 2 is 1.84 bits per heavy atom. The second-order valence-corrected chi connectivity index (χ2v) is 10.5. The zero-order chi connectivity index (χ0) is 27.8. The zero-order valence-electron chi connectivity index (χ0n) is 21.3. The first-order chi connectivity index (χ1) is 17.8. The Hall–Kier alpha value is -4.09. The van der Waals surface area contributed by atoms with Crippen molar-refractivity contribution >= 4 is 28.9 Å². The van der Waals surface area contributed by atoms with Crippen LogP contribution in [0.2, 0.25) is 0 Å². The molecule has 200 valence electrons. The first-order valence-corrected chi connectivity index (χ1v) is 12.1. The topological polar surface area (TPSA) is 178 Å². The van der Waals surface area contributed by atoms with E-state index in [9.17, 15) is 34.8 Å². The van der Waals surface area contributed by atoms with Gasteiger partial charge in [0.2, 0.25) is 5.78 Å². The second-order valence-electron chi connectivity index (χ2n) is 10.5. The summed E-state index contributed by atoms with van der Waals surface area (Å²) in [5, 5.41) is 45.5. The molecule has 11 heteroatoms. The molecule has 4 atom stereocenters. The first-order valence-electron chi connectivity index (χ1n) is 12.1. The lowest BCUT2D eigenvalue weighted by Crippen LogP contribution is -2.65. The molecule has 1 heterocycles. The SMILES string of the molecule is CN(C)c1cc(-c2ccoc2)c(O)c2c1CC1CC3C(N(C)C)C(=O)C(C(N)=O)=C(O)C3(O)C(=O)C1=C2O. The van der Waals surface area contributed by atoms with E-state index in [4.69, 9.17) is 10.2 Å². The number of likely N-dealkylation sites (N-methyl/N-ethyl adjacent to an activating group) is 1. The van der Waals surface area contributed by atoms with Crippen molar-refractivity contribution in [3.63, 3.8) is 0 Å². The first kappa shape index (κ1) is 25.6. The molecule has 0 radical (unpaired) electrons. The third-order valence-electron chi connectivity index (χ3n) is 8.01. The van der Waals surface area contributed by atoms with Crippen molar-refractivity contribution in [2.45, 2.75) is 24.5 Å². The zero-order valence-corrected chi connectivity index (χ0v) is 21.3. The van der Waals surface area contributed by atoms with E-state index in [1.165, 1.54) is 17.4 Å². The number of rotatable bonds is 4. The number of phenolic OH excluding ortho intramolecular Hbond substituents is 1. The Morgan fingerprint density at radius 3 is 2.39 bits per heavy atom. The van der Waals surface area contributed by atoms with E-state index in [2.05, 4.69) is 0 Å². The van der Waals surface area contributed by atoms with Gasteiger partial charge in [-0.25, -0.2) is 0 Å². The number of aliphatic hydroxyl groups excluding tert-OH is 2. The van der Waals surface area contributed by atoms with E-state index in [1.54, 1.807) is 26.2 Å². The number of furan rings is 1. The molecule has 1 aromatic heterocycles. The molecule has 3 aliphatic carbocycles. The van der Waals surface area contributed by atoms with Crippen LogP contribution in [0.25, 0.3) is 16.9 Å². The van der Waals surface area contributed by atoms with Crippen LogP contribution in [-0.2, 0) is 20.8 Å². The van der Waals surface area contributed by atoms with Gasteiger partial charge < -0.3 is 35.5 Å². The second kappa shape index (κ2) is 8.47. The van der Waals surface area contributed by atoms with Crippen molar-refractivity contribution in [2.75, 3.05) is 33.1 Å². The lowest BCUT2D eigenvalue weighted by Gasteiger charge is -2.50. The van der Waals surface area contributed by atoms with Crippen LogP contribution in [-0.4, -0.2) is 82.6 Å². The molecule has 4 unspecified atom stereocenters. The summed E-state index contributed by atoms with van der Waals surface area (Å²) in [6, 6.07) is 2.28. The van der Waals surface area contributed by atoms with Gasteiger partial charge in [0, 0.05) is 42.4 Å². The molecular weight excluding hydrogens is 494 g/mol. The number of benzene rings is 1. The van der Waals surface area contributed by atoms with Crippen molar-refractivity contribution in [3.05, 3.63) is 52.7 Å². The molecule has 6 N–H and O–H groups in total. The number of carbonyl (C=O) groups excluding carboxylic acids is 3. The number of amides is 1. The maximum Gasteiger partial charge on any atom is 0.255 e. The van der Waals surface area contributed by atoms with Gasteiger partial charge in [0.05, 0.1) is 24.1 Å². The Labute approximate surface area is 218 Å². The number of carbonyl (C=O) groups is 3. The summed E-state index contributed by atoms with van der Waals surface area (Å²) in [5.74, 6) is -6.79. The summed E-state index contributed by atoms with van der Waals surface area (Å²) >= 11 is 0. The van der Waals surface area contributed by atoms with Crippen LogP contribution >= 0.6 is 0 Å². The smallest absolute Gasteiger partial charge is 0.255 e. The summed E-state index contributed by atoms with van der Waals surface area (Å²) in [6.45, 7) is 0. The number of primary amides is 1. The molecule has 1 fully saturated rings. The standard InChI is InChI=1S/C27H29N3O8/c1-29(2)16-9-13(11-5-6-38-10-11)21(31)18-14(16)7-12-8-15-20(30(3)4)23(33)19(26(28)36)25(35)27(15,37)24(34)17(12)22(18)32/h5-6,9-10,12,15,20,31-32,35,37H,7-8H2,1-4H3,(H2,28,36). The number of nitrogens with two attached hydrogens (primary N) is 1. The van der Waals surface area contributed by atoms with Crippen LogP contribution in [0, 0.1) is 11.8 Å². The Bertz CT molecular complexity index is 1450. The van der Waals surface area contributed by atoms with Crippen LogP contribution in [0.15, 0.2) is 46.0 Å². The molecule has 1 saturated carbocycles. The van der Waals surface area contributed by atoms with Crippen LogP contribution in [0.4, 0.5) is 5.69 Å². The van der Waals surface area contributed by atoms with E-state index in [0.717, 1.165) is 0 Å². The van der Waals surface area contributed by atoms with E-state index >= 15 is 0 Å². The molecule has 0 spiro atoms. The average Bonchev–Trinajstić information content (AvgIpc) is 3.35. The molecule has 1 amide bonds. The van der Waals surface area contributed by atoms with Gasteiger partial charge >= 0.3 is 0 Å². The number of hydrogen-bond donors (Lipinski definition) is 5. The number of hydrogen-bond acceptors (Lipinski definition) is 10. The monoisotopic (exact) mass is 523 g/mol. The van der Waals surface area contributed by atoms with Crippen LogP contribution in [0.1, 0.15) is 17.5 Å². The summed E-state index contributed by atoms with van der Waals surface area (Å²) in [5.41, 5.74) is 3.88. The summed E-state index contributed by atoms with van der Waals surface area (Å²) in [4.78, 5) is 42.6. The van der Waals surface area contributed by atoms with Gasteiger partial charge in [-0.15, -0.1) is 0 Å². The van der Waals surface area contributed by atoms with E-state index < -0.39 is 58.0 Å². The fourth-order valence-electron chi connectivity index (χ4n) is 6.33. The van der Waals surface area contributed by atoms with Gasteiger partial charge in [-0.1, -0.05) is 0 Å². The quantitative estimate of drug-likeness (QED) is 0.367. The van der Waals surface area contributed by atoms with Crippen molar-refractivity contribution in [2.24, 2.45) is 17.6 Å². The van der Waals surface area contributed by atoms with Crippen molar-refractivity contribution in [3.8, 4) is 16.9 Å². The van der Waals surface area contributed by atoms with Crippen molar-refractivity contribution in [1.29, 1.82) is 0 Å². The van der Waals surface area contributed by atoms with Gasteiger partial charge in [-0.2, -0.15) is 0 Å². The highest BCUT2D eigenvalue weighted by molar-refractivity contribution is 6.24. The van der Waals surface area contributed by atoms with Gasteiger partial charge in [0.25, 0.3) is 5.91 Å². The normalized spacial score (nSPS) is 26.8. The molecule has 1 aromatic carbocycles. The Balaban J connectivity index is 1.78. The number of fused-ring (bicyclic) bond motifs is 3. The highest BCUT2D eigenvalue weighted by Gasteiger charge is 2.64. The van der Waals surface area contributed by atoms with Crippen LogP contribution in [0.3, 0.4) is 0 Å². The van der Waals surface area contributed by atoms with Crippen molar-refractivity contribution < 1.29 is 39.2 Å². The predicted molar refractivity (Wildman–Crippen MR) is 136 cm³/mol. The lowest BCUT2D eigenvalue weighted by atomic mass is 9.57. The molecule has 0 aliphatic heterocycles. The van der Waals surface area contributed by atoms with Gasteiger partial charge in [0.1, 0.15) is 22.8 Å². The third-order valence-corrected chi connectivity index (χ3v) is 8.01. The van der Waals surface area contributed by atoms with Gasteiger partial charge in [-0.05, 0) is 50.6 Å². The number of aromatic hydroxyl groups is 1. The molecule has 3 aliphatic rings. The predicted octanol–water partition coefficient (Wildman–Crippen LogP) is 1.29. The third kappa shape index (κ3) is 3.25. The summed E-state index contributed by atoms with van der Waals surface area (Å²) < 4.78 is 5.16. The van der Waals surface area contributed by atoms with E-state index in [1.807, 2.05) is 19.0 Å². The highest BCUT2D eigenvalue weighted by atomic mass is 16.3. The minimum atomic E-state index is -2.67. The Kier molecular flexibility index (Phi) is 5.69. The highest BCUT2D eigenvalue weighted by Crippen LogP contribution is 2.54. The van der Waals surface area contributed by atoms with Crippen molar-refractivity contribution in [1.82, 2.24) is 4.90 Å². The maximum absolute atomic E-state index is 14.0. The van der Waals surface area contributed by atoms with Gasteiger partial charge in [0.15, 0.2) is 11.4 Å². The number of aliphatic hydroxyl groups is 3. The molecule has 38 heavy (non-hydrogen) atoms. The molecule has 5 rings (SSSR count). The van der Waals surface area contributed by atoms with Gasteiger partial charge in [-0.3, -0.25) is 19.3 Å². The number of nitrogens with zero attached hydrogens (tertiary/aromatic N) is 2. The molecular formula is C27H29N3O8. The van der Waals surface area contributed by atoms with E-state index in [0.29, 0.717) is 22.4 Å². The summed E-state index contributed by atoms with van der Waals surface area (Å²) in [7, 11) is 6.74. The average molecular weight is 524 g/mol. The number of phenols is 1. The fraction of sp³-hybridized carbons (Fsp3) is 0.370. The van der Waals surface area contributed by atoms with E-state index in [-0.39, 0.29) is 29.7 Å². The molecule has 0 bridgehead atoms. The Morgan fingerprint density at radius 1 is 1.16 bits per heavy atom. The van der Waals surface area contributed by atoms with Crippen LogP contribution in [0.5, 0.6) is 5.75 Å².